The van der Waals surface area contributed by atoms with Crippen LogP contribution in [0.1, 0.15) is 32.1 Å². The first-order chi connectivity index (χ1) is 4.83. The summed E-state index contributed by atoms with van der Waals surface area (Å²) < 4.78 is 0. The highest BCUT2D eigenvalue weighted by Gasteiger charge is 2.18. The van der Waals surface area contributed by atoms with Crippen molar-refractivity contribution >= 4 is 0 Å². The highest BCUT2D eigenvalue weighted by Crippen LogP contribution is 2.25. The first-order valence-corrected chi connectivity index (χ1v) is 3.94. The molecule has 1 rings (SSSR count). The van der Waals surface area contributed by atoms with Gasteiger partial charge < -0.3 is 5.11 Å². The van der Waals surface area contributed by atoms with Crippen molar-refractivity contribution in [2.24, 2.45) is 5.92 Å². The van der Waals surface area contributed by atoms with Crippen LogP contribution in [0.3, 0.4) is 0 Å². The minimum Gasteiger partial charge on any atom is -0.393 e. The van der Waals surface area contributed by atoms with Crippen molar-refractivity contribution in [1.29, 1.82) is 0 Å². The van der Waals surface area contributed by atoms with Crippen molar-refractivity contribution in [3.63, 3.8) is 0 Å². The van der Waals surface area contributed by atoms with Crippen LogP contribution in [-0.4, -0.2) is 11.2 Å². The summed E-state index contributed by atoms with van der Waals surface area (Å²) in [6.07, 6.45) is 10.2. The molecule has 0 radical (unpaired) electrons. The molecule has 0 aliphatic heterocycles. The summed E-state index contributed by atoms with van der Waals surface area (Å²) >= 11 is 0. The Morgan fingerprint density at radius 1 is 1.50 bits per heavy atom. The highest BCUT2D eigenvalue weighted by molar-refractivity contribution is 4.88. The number of rotatable bonds is 1. The van der Waals surface area contributed by atoms with E-state index >= 15 is 0 Å². The summed E-state index contributed by atoms with van der Waals surface area (Å²) in [6.45, 7) is 0. The minimum atomic E-state index is -0.0768. The van der Waals surface area contributed by atoms with Crippen LogP contribution < -0.4 is 0 Å². The lowest BCUT2D eigenvalue weighted by molar-refractivity contribution is 0.102. The van der Waals surface area contributed by atoms with Crippen molar-refractivity contribution in [2.75, 3.05) is 0 Å². The molecule has 1 N–H and O–H groups in total. The Bertz CT molecular complexity index is 134. The van der Waals surface area contributed by atoms with E-state index < -0.39 is 0 Å². The number of hydrogen-bond acceptors (Lipinski definition) is 1. The number of aliphatic hydroxyl groups is 1. The first kappa shape index (κ1) is 7.63. The van der Waals surface area contributed by atoms with Gasteiger partial charge in [-0.05, 0) is 25.2 Å². The van der Waals surface area contributed by atoms with E-state index in [0.717, 1.165) is 25.7 Å². The fraction of sp³-hybridized carbons (Fsp3) is 0.778. The molecule has 1 aliphatic carbocycles. The molecule has 0 spiro atoms. The second-order valence-electron chi connectivity index (χ2n) is 3.09. The Morgan fingerprint density at radius 2 is 2.30 bits per heavy atom. The average molecular weight is 138 g/mol. The van der Waals surface area contributed by atoms with Crippen LogP contribution in [0.5, 0.6) is 0 Å². The van der Waals surface area contributed by atoms with Crippen molar-refractivity contribution in [2.45, 2.75) is 38.2 Å². The normalized spacial score (nSPS) is 33.2. The van der Waals surface area contributed by atoms with E-state index in [-0.39, 0.29) is 6.10 Å². The lowest BCUT2D eigenvalue weighted by atomic mass is 9.85. The fourth-order valence-corrected chi connectivity index (χ4v) is 1.61. The van der Waals surface area contributed by atoms with Crippen molar-refractivity contribution in [3.8, 4) is 12.3 Å². The molecule has 0 aromatic rings. The van der Waals surface area contributed by atoms with Gasteiger partial charge in [0.05, 0.1) is 6.10 Å². The largest absolute Gasteiger partial charge is 0.393 e. The third-order valence-corrected chi connectivity index (χ3v) is 2.16. The molecule has 2 unspecified atom stereocenters. The van der Waals surface area contributed by atoms with Crippen molar-refractivity contribution < 1.29 is 5.11 Å². The molecule has 1 saturated carbocycles. The van der Waals surface area contributed by atoms with E-state index in [1.165, 1.54) is 6.42 Å². The van der Waals surface area contributed by atoms with Gasteiger partial charge in [0.15, 0.2) is 0 Å². The molecule has 1 heteroatoms. The SMILES string of the molecule is C#CCC1CCCC(O)C1. The standard InChI is InChI=1S/C9H14O/c1-2-4-8-5-3-6-9(10)7-8/h1,8-10H,3-7H2. The molecular weight excluding hydrogens is 124 g/mol. The molecule has 0 amide bonds. The van der Waals surface area contributed by atoms with Gasteiger partial charge in [-0.15, -0.1) is 12.3 Å². The van der Waals surface area contributed by atoms with Crippen LogP contribution in [0.2, 0.25) is 0 Å². The average Bonchev–Trinajstić information content (AvgIpc) is 1.88. The molecule has 1 fully saturated rings. The molecule has 1 nitrogen and oxygen atoms in total. The van der Waals surface area contributed by atoms with Crippen LogP contribution in [-0.2, 0) is 0 Å². The zero-order chi connectivity index (χ0) is 7.40. The Balaban J connectivity index is 2.27. The molecule has 0 bridgehead atoms. The van der Waals surface area contributed by atoms with Crippen LogP contribution in [0, 0.1) is 18.3 Å². The van der Waals surface area contributed by atoms with Gasteiger partial charge in [-0.1, -0.05) is 6.42 Å². The lowest BCUT2D eigenvalue weighted by Crippen LogP contribution is -2.18. The third kappa shape index (κ3) is 2.04. The van der Waals surface area contributed by atoms with Crippen molar-refractivity contribution in [1.82, 2.24) is 0 Å². The van der Waals surface area contributed by atoms with Gasteiger partial charge in [0, 0.05) is 6.42 Å². The fourth-order valence-electron chi connectivity index (χ4n) is 1.61. The maximum Gasteiger partial charge on any atom is 0.0543 e. The number of hydrogen-bond donors (Lipinski definition) is 1. The van der Waals surface area contributed by atoms with Gasteiger partial charge >= 0.3 is 0 Å². The van der Waals surface area contributed by atoms with Gasteiger partial charge in [0.1, 0.15) is 0 Å². The van der Waals surface area contributed by atoms with E-state index in [2.05, 4.69) is 5.92 Å². The topological polar surface area (TPSA) is 20.2 Å². The predicted octanol–water partition coefficient (Wildman–Crippen LogP) is 1.56. The van der Waals surface area contributed by atoms with Gasteiger partial charge in [0.2, 0.25) is 0 Å². The number of terminal acetylenes is 1. The zero-order valence-corrected chi connectivity index (χ0v) is 6.21. The van der Waals surface area contributed by atoms with Crippen LogP contribution >= 0.6 is 0 Å². The summed E-state index contributed by atoms with van der Waals surface area (Å²) in [5.74, 6) is 3.24. The Morgan fingerprint density at radius 3 is 2.90 bits per heavy atom. The maximum atomic E-state index is 9.24. The molecule has 10 heavy (non-hydrogen) atoms. The maximum absolute atomic E-state index is 9.24. The van der Waals surface area contributed by atoms with Gasteiger partial charge in [-0.2, -0.15) is 0 Å². The first-order valence-electron chi connectivity index (χ1n) is 3.94. The van der Waals surface area contributed by atoms with Crippen LogP contribution in [0.25, 0.3) is 0 Å². The van der Waals surface area contributed by atoms with Crippen LogP contribution in [0.4, 0.5) is 0 Å². The molecule has 0 saturated heterocycles. The van der Waals surface area contributed by atoms with Gasteiger partial charge in [-0.3, -0.25) is 0 Å². The minimum absolute atomic E-state index is 0.0768. The quantitative estimate of drug-likeness (QED) is 0.545. The molecule has 0 aromatic carbocycles. The summed E-state index contributed by atoms with van der Waals surface area (Å²) in [5, 5.41) is 9.24. The smallest absolute Gasteiger partial charge is 0.0543 e. The number of aliphatic hydroxyl groups excluding tert-OH is 1. The molecule has 0 heterocycles. The Labute approximate surface area is 62.4 Å². The Kier molecular flexibility index (Phi) is 2.77. The second-order valence-corrected chi connectivity index (χ2v) is 3.09. The molecule has 2 atom stereocenters. The summed E-state index contributed by atoms with van der Waals surface area (Å²) in [5.41, 5.74) is 0. The second kappa shape index (κ2) is 3.63. The monoisotopic (exact) mass is 138 g/mol. The summed E-state index contributed by atoms with van der Waals surface area (Å²) in [7, 11) is 0. The van der Waals surface area contributed by atoms with E-state index in [1.54, 1.807) is 0 Å². The summed E-state index contributed by atoms with van der Waals surface area (Å²) in [4.78, 5) is 0. The van der Waals surface area contributed by atoms with E-state index in [1.807, 2.05) is 0 Å². The van der Waals surface area contributed by atoms with Gasteiger partial charge in [-0.25, -0.2) is 0 Å². The summed E-state index contributed by atoms with van der Waals surface area (Å²) in [6, 6.07) is 0. The molecular formula is C9H14O. The third-order valence-electron chi connectivity index (χ3n) is 2.16. The van der Waals surface area contributed by atoms with Crippen molar-refractivity contribution in [3.05, 3.63) is 0 Å². The van der Waals surface area contributed by atoms with E-state index in [0.29, 0.717) is 5.92 Å². The predicted molar refractivity (Wildman–Crippen MR) is 41.4 cm³/mol. The van der Waals surface area contributed by atoms with Gasteiger partial charge in [0.25, 0.3) is 0 Å². The van der Waals surface area contributed by atoms with E-state index in [9.17, 15) is 5.11 Å². The molecule has 0 aromatic heterocycles. The Hall–Kier alpha value is -0.480. The van der Waals surface area contributed by atoms with Crippen LogP contribution in [0.15, 0.2) is 0 Å². The molecule has 1 aliphatic rings. The lowest BCUT2D eigenvalue weighted by Gasteiger charge is -2.23. The highest BCUT2D eigenvalue weighted by atomic mass is 16.3. The molecule has 56 valence electrons. The van der Waals surface area contributed by atoms with E-state index in [4.69, 9.17) is 6.42 Å². The zero-order valence-electron chi connectivity index (χ0n) is 6.21.